The van der Waals surface area contributed by atoms with Gasteiger partial charge in [0.1, 0.15) is 13.1 Å². The van der Waals surface area contributed by atoms with Crippen LogP contribution in [0.3, 0.4) is 0 Å². The third-order valence-electron chi connectivity index (χ3n) is 5.94. The van der Waals surface area contributed by atoms with E-state index in [9.17, 15) is 9.59 Å². The van der Waals surface area contributed by atoms with Gasteiger partial charge in [-0.25, -0.2) is 0 Å². The maximum atomic E-state index is 13.9. The first kappa shape index (κ1) is 18.7. The zero-order valence-electron chi connectivity index (χ0n) is 16.4. The van der Waals surface area contributed by atoms with Crippen molar-refractivity contribution in [1.82, 2.24) is 0 Å². The summed E-state index contributed by atoms with van der Waals surface area (Å²) in [6.45, 7) is 5.81. The van der Waals surface area contributed by atoms with Crippen molar-refractivity contribution in [3.8, 4) is 0 Å². The second-order valence-electron chi connectivity index (χ2n) is 7.77. The van der Waals surface area contributed by atoms with E-state index in [1.165, 1.54) is 16.7 Å². The molecule has 2 saturated heterocycles. The normalized spacial score (nSPS) is 24.6. The molecule has 2 aromatic rings. The number of morpholine rings is 1. The number of hydrogen-bond acceptors (Lipinski definition) is 4. The predicted molar refractivity (Wildman–Crippen MR) is 113 cm³/mol. The van der Waals surface area contributed by atoms with Gasteiger partial charge >= 0.3 is 0 Å². The number of ether oxygens (including phenoxy) is 1. The van der Waals surface area contributed by atoms with Gasteiger partial charge in [0.25, 0.3) is 5.91 Å². The number of nitrogens with one attached hydrogen (secondary N) is 1. The van der Waals surface area contributed by atoms with Crippen LogP contribution in [0.2, 0.25) is 0 Å². The molecule has 3 heterocycles. The predicted octanol–water partition coefficient (Wildman–Crippen LogP) is 1.15. The van der Waals surface area contributed by atoms with Crippen LogP contribution in [0.25, 0.3) is 0 Å². The van der Waals surface area contributed by atoms with E-state index in [1.807, 2.05) is 60.4 Å². The van der Waals surface area contributed by atoms with Crippen molar-refractivity contribution in [2.24, 2.45) is 0 Å². The first-order chi connectivity index (χ1) is 14.1. The molecule has 3 aliphatic heterocycles. The van der Waals surface area contributed by atoms with E-state index in [-0.39, 0.29) is 11.8 Å². The smallest absolute Gasteiger partial charge is 0.273 e. The van der Waals surface area contributed by atoms with Crippen LogP contribution in [0.4, 0.5) is 11.4 Å². The molecule has 0 unspecified atom stereocenters. The summed E-state index contributed by atoms with van der Waals surface area (Å²) in [6, 6.07) is 15.8. The Morgan fingerprint density at radius 2 is 1.79 bits per heavy atom. The Hall–Kier alpha value is -2.35. The highest BCUT2D eigenvalue weighted by Crippen LogP contribution is 2.55. The number of amides is 2. The van der Waals surface area contributed by atoms with Crippen molar-refractivity contribution >= 4 is 35.0 Å². The van der Waals surface area contributed by atoms with Crippen molar-refractivity contribution in [2.75, 3.05) is 48.5 Å². The van der Waals surface area contributed by atoms with E-state index in [4.69, 9.17) is 4.74 Å². The van der Waals surface area contributed by atoms with Gasteiger partial charge in [-0.05, 0) is 25.1 Å². The fourth-order valence-electron chi connectivity index (χ4n) is 4.45. The van der Waals surface area contributed by atoms with Crippen LogP contribution in [0, 0.1) is 6.92 Å². The van der Waals surface area contributed by atoms with Crippen LogP contribution in [-0.4, -0.2) is 50.5 Å². The van der Waals surface area contributed by atoms with E-state index in [2.05, 4.69) is 0 Å². The molecule has 3 aliphatic rings. The molecule has 2 fully saturated rings. The van der Waals surface area contributed by atoms with Crippen molar-refractivity contribution < 1.29 is 19.2 Å². The highest BCUT2D eigenvalue weighted by molar-refractivity contribution is 8.02. The summed E-state index contributed by atoms with van der Waals surface area (Å²) < 4.78 is 5.47. The molecule has 29 heavy (non-hydrogen) atoms. The lowest BCUT2D eigenvalue weighted by Gasteiger charge is -2.34. The lowest BCUT2D eigenvalue weighted by atomic mass is 10.0. The van der Waals surface area contributed by atoms with Gasteiger partial charge in [-0.15, -0.1) is 11.8 Å². The standard InChI is InChI=1S/C22H23N3O3S/c1-16-6-8-17(9-7-16)25-20(26)14-29-22(25)18-4-2-3-5-19(18)24(21(22)27)15-23-10-12-28-13-11-23/h2-9H,10-15H2,1H3/p+1/t22-/m1/s1. The van der Waals surface area contributed by atoms with Crippen molar-refractivity contribution in [3.05, 3.63) is 59.7 Å². The number of benzene rings is 2. The van der Waals surface area contributed by atoms with Crippen LogP contribution in [-0.2, 0) is 19.2 Å². The van der Waals surface area contributed by atoms with Gasteiger partial charge in [0.05, 0.1) is 24.7 Å². The molecule has 150 valence electrons. The van der Waals surface area contributed by atoms with Crippen molar-refractivity contribution in [3.63, 3.8) is 0 Å². The zero-order chi connectivity index (χ0) is 20.0. The summed E-state index contributed by atoms with van der Waals surface area (Å²) in [7, 11) is 0. The lowest BCUT2D eigenvalue weighted by molar-refractivity contribution is -0.906. The third kappa shape index (κ3) is 2.87. The maximum Gasteiger partial charge on any atom is 0.273 e. The highest BCUT2D eigenvalue weighted by Gasteiger charge is 2.61. The Balaban J connectivity index is 1.59. The van der Waals surface area contributed by atoms with Gasteiger partial charge in [0.2, 0.25) is 10.8 Å². The largest absolute Gasteiger partial charge is 0.370 e. The van der Waals surface area contributed by atoms with Gasteiger partial charge < -0.3 is 9.64 Å². The van der Waals surface area contributed by atoms with Crippen molar-refractivity contribution in [1.29, 1.82) is 0 Å². The maximum absolute atomic E-state index is 13.9. The Bertz CT molecular complexity index is 958. The summed E-state index contributed by atoms with van der Waals surface area (Å²) in [5.41, 5.74) is 3.72. The summed E-state index contributed by atoms with van der Waals surface area (Å²) in [5.74, 6) is 0.253. The van der Waals surface area contributed by atoms with Gasteiger partial charge in [-0.2, -0.15) is 0 Å². The van der Waals surface area contributed by atoms with Crippen LogP contribution in [0.5, 0.6) is 0 Å². The van der Waals surface area contributed by atoms with Gasteiger partial charge in [0, 0.05) is 11.3 Å². The number of aryl methyl sites for hydroxylation is 1. The Morgan fingerprint density at radius 3 is 2.55 bits per heavy atom. The number of hydrogen-bond donors (Lipinski definition) is 1. The fraction of sp³-hybridized carbons (Fsp3) is 0.364. The number of rotatable bonds is 3. The molecular formula is C22H24N3O3S+. The Kier molecular flexibility index (Phi) is 4.61. The van der Waals surface area contributed by atoms with E-state index in [0.717, 1.165) is 35.6 Å². The summed E-state index contributed by atoms with van der Waals surface area (Å²) in [4.78, 5) is 30.8. The van der Waals surface area contributed by atoms with Crippen LogP contribution < -0.4 is 14.7 Å². The number of para-hydroxylation sites is 1. The summed E-state index contributed by atoms with van der Waals surface area (Å²) in [6.07, 6.45) is 0. The molecule has 1 N–H and O–H groups in total. The minimum absolute atomic E-state index is 0.0193. The molecule has 0 radical (unpaired) electrons. The molecule has 0 saturated carbocycles. The number of nitrogens with zero attached hydrogens (tertiary/aromatic N) is 2. The average Bonchev–Trinajstić information content (AvgIpc) is 3.21. The molecular weight excluding hydrogens is 386 g/mol. The molecule has 1 atom stereocenters. The average molecular weight is 411 g/mol. The number of anilines is 2. The number of quaternary nitrogens is 1. The van der Waals surface area contributed by atoms with Gasteiger partial charge in [-0.3, -0.25) is 19.4 Å². The van der Waals surface area contributed by atoms with Crippen molar-refractivity contribution in [2.45, 2.75) is 11.8 Å². The molecule has 7 heteroatoms. The SMILES string of the molecule is Cc1ccc(N2C(=O)CS[C@]23C(=O)N(C[NH+]2CCOCC2)c2ccccc23)cc1. The Labute approximate surface area is 174 Å². The Morgan fingerprint density at radius 1 is 1.07 bits per heavy atom. The molecule has 6 nitrogen and oxygen atoms in total. The number of carbonyl (C=O) groups excluding carboxylic acids is 2. The second kappa shape index (κ2) is 7.16. The summed E-state index contributed by atoms with van der Waals surface area (Å²) in [5, 5.41) is 0. The summed E-state index contributed by atoms with van der Waals surface area (Å²) >= 11 is 1.44. The topological polar surface area (TPSA) is 54.3 Å². The molecule has 0 aliphatic carbocycles. The molecule has 5 rings (SSSR count). The zero-order valence-corrected chi connectivity index (χ0v) is 17.2. The van der Waals surface area contributed by atoms with Gasteiger partial charge in [0.15, 0.2) is 6.67 Å². The molecule has 2 aromatic carbocycles. The first-order valence-electron chi connectivity index (χ1n) is 9.98. The highest BCUT2D eigenvalue weighted by atomic mass is 32.2. The monoisotopic (exact) mass is 410 g/mol. The lowest BCUT2D eigenvalue weighted by Crippen LogP contribution is -3.15. The van der Waals surface area contributed by atoms with E-state index in [0.29, 0.717) is 25.6 Å². The fourth-order valence-corrected chi connectivity index (χ4v) is 5.81. The quantitative estimate of drug-likeness (QED) is 0.825. The van der Waals surface area contributed by atoms with Crippen LogP contribution in [0.15, 0.2) is 48.5 Å². The minimum Gasteiger partial charge on any atom is -0.370 e. The second-order valence-corrected chi connectivity index (χ2v) is 8.94. The molecule has 2 amide bonds. The van der Waals surface area contributed by atoms with Crippen LogP contribution >= 0.6 is 11.8 Å². The number of fused-ring (bicyclic) bond motifs is 2. The number of carbonyl (C=O) groups is 2. The van der Waals surface area contributed by atoms with Gasteiger partial charge in [-0.1, -0.05) is 35.9 Å². The van der Waals surface area contributed by atoms with E-state index < -0.39 is 4.87 Å². The molecule has 0 aromatic heterocycles. The number of thioether (sulfide) groups is 1. The van der Waals surface area contributed by atoms with Crippen LogP contribution in [0.1, 0.15) is 11.1 Å². The van der Waals surface area contributed by atoms with E-state index >= 15 is 0 Å². The minimum atomic E-state index is -1.02. The van der Waals surface area contributed by atoms with E-state index in [1.54, 1.807) is 4.90 Å². The first-order valence-corrected chi connectivity index (χ1v) is 11.0. The molecule has 0 bridgehead atoms. The molecule has 1 spiro atoms. The third-order valence-corrected chi connectivity index (χ3v) is 7.32.